The number of aromatic hydroxyl groups is 1. The molecule has 0 aliphatic carbocycles. The first-order valence-corrected chi connectivity index (χ1v) is 6.86. The van der Waals surface area contributed by atoms with Gasteiger partial charge in [-0.2, -0.15) is 5.10 Å². The van der Waals surface area contributed by atoms with Crippen molar-refractivity contribution in [3.8, 4) is 5.75 Å². The summed E-state index contributed by atoms with van der Waals surface area (Å²) in [6.07, 6.45) is 2.85. The zero-order valence-electron chi connectivity index (χ0n) is 8.88. The lowest BCUT2D eigenvalue weighted by Crippen LogP contribution is -2.10. The van der Waals surface area contributed by atoms with E-state index in [9.17, 15) is 5.11 Å². The Kier molecular flexibility index (Phi) is 4.21. The summed E-state index contributed by atoms with van der Waals surface area (Å²) in [5.74, 6) is 6.00. The number of hydrazone groups is 1. The number of hydrogen-bond donors (Lipinski definition) is 3. The standard InChI is InChI=1S/C9H8I2N6O/c10-6-1-5(8(18)7(11)2-6)3-13-15-9-16-14-4-17(9)12/h1-4,18H,12H2,(H,15,16)/b13-3-. The van der Waals surface area contributed by atoms with Gasteiger partial charge in [-0.25, -0.2) is 10.1 Å². The third kappa shape index (κ3) is 3.01. The van der Waals surface area contributed by atoms with Gasteiger partial charge in [-0.05, 0) is 57.3 Å². The number of benzene rings is 1. The molecule has 0 bridgehead atoms. The van der Waals surface area contributed by atoms with Crippen molar-refractivity contribution < 1.29 is 5.11 Å². The number of rotatable bonds is 3. The molecule has 7 nitrogen and oxygen atoms in total. The molecule has 2 aromatic rings. The summed E-state index contributed by atoms with van der Waals surface area (Å²) in [5, 5.41) is 21.1. The van der Waals surface area contributed by atoms with Gasteiger partial charge in [0.15, 0.2) is 0 Å². The molecule has 0 aliphatic rings. The first-order chi connectivity index (χ1) is 8.58. The van der Waals surface area contributed by atoms with E-state index < -0.39 is 0 Å². The van der Waals surface area contributed by atoms with Crippen molar-refractivity contribution in [3.05, 3.63) is 31.2 Å². The topological polar surface area (TPSA) is 101 Å². The Balaban J connectivity index is 2.17. The first-order valence-electron chi connectivity index (χ1n) is 4.70. The zero-order chi connectivity index (χ0) is 13.1. The zero-order valence-corrected chi connectivity index (χ0v) is 13.2. The van der Waals surface area contributed by atoms with Crippen LogP contribution in [-0.2, 0) is 0 Å². The molecule has 0 amide bonds. The Hall–Kier alpha value is -1.11. The Labute approximate surface area is 130 Å². The Bertz CT molecular complexity index is 597. The van der Waals surface area contributed by atoms with E-state index in [2.05, 4.69) is 65.9 Å². The molecule has 9 heteroatoms. The highest BCUT2D eigenvalue weighted by molar-refractivity contribution is 14.1. The lowest BCUT2D eigenvalue weighted by Gasteiger charge is -2.03. The van der Waals surface area contributed by atoms with E-state index in [1.54, 1.807) is 0 Å². The van der Waals surface area contributed by atoms with E-state index in [4.69, 9.17) is 5.84 Å². The molecule has 1 aromatic heterocycles. The molecule has 1 aromatic carbocycles. The molecular formula is C9H8I2N6O. The van der Waals surface area contributed by atoms with Gasteiger partial charge in [0, 0.05) is 9.13 Å². The van der Waals surface area contributed by atoms with Crippen LogP contribution in [0.15, 0.2) is 23.6 Å². The quantitative estimate of drug-likeness (QED) is 0.272. The van der Waals surface area contributed by atoms with E-state index in [1.165, 1.54) is 17.2 Å². The first kappa shape index (κ1) is 13.3. The third-order valence-corrected chi connectivity index (χ3v) is 3.44. The van der Waals surface area contributed by atoms with Crippen LogP contribution in [0.1, 0.15) is 5.56 Å². The van der Waals surface area contributed by atoms with Gasteiger partial charge >= 0.3 is 0 Å². The van der Waals surface area contributed by atoms with Gasteiger partial charge in [-0.3, -0.25) is 0 Å². The lowest BCUT2D eigenvalue weighted by atomic mass is 10.2. The van der Waals surface area contributed by atoms with E-state index in [1.807, 2.05) is 12.1 Å². The molecule has 0 fully saturated rings. The largest absolute Gasteiger partial charge is 0.506 e. The normalized spacial score (nSPS) is 11.0. The van der Waals surface area contributed by atoms with Crippen LogP contribution in [0.2, 0.25) is 0 Å². The predicted molar refractivity (Wildman–Crippen MR) is 84.9 cm³/mol. The van der Waals surface area contributed by atoms with Crippen LogP contribution >= 0.6 is 45.2 Å². The van der Waals surface area contributed by atoms with Gasteiger partial charge in [0.25, 0.3) is 5.95 Å². The second-order valence-corrected chi connectivity index (χ2v) is 5.67. The van der Waals surface area contributed by atoms with Crippen molar-refractivity contribution in [2.75, 3.05) is 11.3 Å². The van der Waals surface area contributed by atoms with E-state index in [-0.39, 0.29) is 5.75 Å². The molecular weight excluding hydrogens is 462 g/mol. The molecule has 94 valence electrons. The molecule has 0 aliphatic heterocycles. The molecule has 4 N–H and O–H groups in total. The SMILES string of the molecule is Nn1cnnc1N/N=C\c1cc(I)cc(I)c1O. The highest BCUT2D eigenvalue weighted by Gasteiger charge is 2.05. The van der Waals surface area contributed by atoms with E-state index in [0.717, 1.165) is 7.14 Å². The summed E-state index contributed by atoms with van der Waals surface area (Å²) in [7, 11) is 0. The lowest BCUT2D eigenvalue weighted by molar-refractivity contribution is 0.470. The van der Waals surface area contributed by atoms with Crippen molar-refractivity contribution in [2.24, 2.45) is 5.10 Å². The van der Waals surface area contributed by atoms with Gasteiger partial charge in [-0.1, -0.05) is 0 Å². The Morgan fingerprint density at radius 1 is 1.44 bits per heavy atom. The average Bonchev–Trinajstić information content (AvgIpc) is 2.71. The van der Waals surface area contributed by atoms with Crippen molar-refractivity contribution in [1.82, 2.24) is 14.9 Å². The number of phenols is 1. The maximum absolute atomic E-state index is 9.85. The van der Waals surface area contributed by atoms with Crippen LogP contribution in [0.3, 0.4) is 0 Å². The highest BCUT2D eigenvalue weighted by atomic mass is 127. The van der Waals surface area contributed by atoms with Crippen molar-refractivity contribution in [1.29, 1.82) is 0 Å². The van der Waals surface area contributed by atoms with Crippen LogP contribution in [0, 0.1) is 7.14 Å². The molecule has 0 saturated heterocycles. The van der Waals surface area contributed by atoms with Crippen LogP contribution in [0.4, 0.5) is 5.95 Å². The van der Waals surface area contributed by atoms with Gasteiger partial charge in [-0.15, -0.1) is 10.2 Å². The number of nitrogen functional groups attached to an aromatic ring is 1. The fourth-order valence-corrected chi connectivity index (χ4v) is 3.06. The molecule has 2 rings (SSSR count). The monoisotopic (exact) mass is 470 g/mol. The van der Waals surface area contributed by atoms with Crippen molar-refractivity contribution in [3.63, 3.8) is 0 Å². The fourth-order valence-electron chi connectivity index (χ4n) is 1.17. The van der Waals surface area contributed by atoms with E-state index in [0.29, 0.717) is 11.5 Å². The molecule has 0 radical (unpaired) electrons. The predicted octanol–water partition coefficient (Wildman–Crippen LogP) is 1.35. The number of halogens is 2. The summed E-state index contributed by atoms with van der Waals surface area (Å²) < 4.78 is 2.98. The third-order valence-electron chi connectivity index (χ3n) is 2.00. The van der Waals surface area contributed by atoms with Crippen molar-refractivity contribution >= 4 is 57.3 Å². The molecule has 0 unspecified atom stereocenters. The number of nitrogens with zero attached hydrogens (tertiary/aromatic N) is 4. The van der Waals surface area contributed by atoms with Gasteiger partial charge in [0.2, 0.25) is 0 Å². The van der Waals surface area contributed by atoms with Crippen LogP contribution in [0.5, 0.6) is 5.75 Å². The minimum Gasteiger partial charge on any atom is -0.506 e. The smallest absolute Gasteiger partial charge is 0.263 e. The number of hydrogen-bond acceptors (Lipinski definition) is 6. The molecule has 18 heavy (non-hydrogen) atoms. The number of anilines is 1. The summed E-state index contributed by atoms with van der Waals surface area (Å²) in [4.78, 5) is 0. The molecule has 0 atom stereocenters. The maximum atomic E-state index is 9.85. The minimum atomic E-state index is 0.191. The summed E-state index contributed by atoms with van der Waals surface area (Å²) in [6, 6.07) is 3.69. The number of aromatic nitrogens is 3. The van der Waals surface area contributed by atoms with Gasteiger partial charge in [0.1, 0.15) is 12.1 Å². The second kappa shape index (κ2) is 5.69. The molecule has 1 heterocycles. The molecule has 0 saturated carbocycles. The summed E-state index contributed by atoms with van der Waals surface area (Å²) >= 11 is 4.23. The van der Waals surface area contributed by atoms with Crippen LogP contribution < -0.4 is 11.3 Å². The summed E-state index contributed by atoms with van der Waals surface area (Å²) in [6.45, 7) is 0. The maximum Gasteiger partial charge on any atom is 0.263 e. The summed E-state index contributed by atoms with van der Waals surface area (Å²) in [5.41, 5.74) is 3.24. The Morgan fingerprint density at radius 2 is 2.22 bits per heavy atom. The van der Waals surface area contributed by atoms with Crippen LogP contribution in [-0.4, -0.2) is 26.2 Å². The minimum absolute atomic E-state index is 0.191. The number of phenolic OH excluding ortho intramolecular Hbond substituents is 1. The van der Waals surface area contributed by atoms with Gasteiger partial charge < -0.3 is 10.9 Å². The van der Waals surface area contributed by atoms with Gasteiger partial charge in [0.05, 0.1) is 9.78 Å². The second-order valence-electron chi connectivity index (χ2n) is 3.26. The van der Waals surface area contributed by atoms with Crippen molar-refractivity contribution in [2.45, 2.75) is 0 Å². The number of nitrogens with two attached hydrogens (primary N) is 1. The molecule has 0 spiro atoms. The average molecular weight is 470 g/mol. The number of nitrogens with one attached hydrogen (secondary N) is 1. The Morgan fingerprint density at radius 3 is 2.89 bits per heavy atom. The van der Waals surface area contributed by atoms with E-state index >= 15 is 0 Å². The highest BCUT2D eigenvalue weighted by Crippen LogP contribution is 2.25. The van der Waals surface area contributed by atoms with Crippen LogP contribution in [0.25, 0.3) is 0 Å². The fraction of sp³-hybridized carbons (Fsp3) is 0.